The average Bonchev–Trinajstić information content (AvgIpc) is 2.83. The van der Waals surface area contributed by atoms with E-state index in [0.29, 0.717) is 30.3 Å². The first-order valence-electron chi connectivity index (χ1n) is 10.3. The van der Waals surface area contributed by atoms with Gasteiger partial charge in [0, 0.05) is 17.2 Å². The fraction of sp³-hybridized carbons (Fsp3) is 0.107. The molecule has 0 aliphatic heterocycles. The van der Waals surface area contributed by atoms with Gasteiger partial charge in [-0.25, -0.2) is 0 Å². The Bertz CT molecular complexity index is 1140. The van der Waals surface area contributed by atoms with E-state index in [-0.39, 0.29) is 5.78 Å². The summed E-state index contributed by atoms with van der Waals surface area (Å²) < 4.78 is 12.3. The van der Waals surface area contributed by atoms with Gasteiger partial charge in [0.1, 0.15) is 24.7 Å². The van der Waals surface area contributed by atoms with Crippen molar-refractivity contribution in [3.05, 3.63) is 120 Å². The Morgan fingerprint density at radius 3 is 1.74 bits per heavy atom. The van der Waals surface area contributed by atoms with Gasteiger partial charge in [-0.1, -0.05) is 91.0 Å². The second-order valence-electron chi connectivity index (χ2n) is 7.31. The predicted molar refractivity (Wildman–Crippen MR) is 123 cm³/mol. The van der Waals surface area contributed by atoms with Crippen LogP contribution < -0.4 is 9.47 Å². The molecular weight excluding hydrogens is 384 g/mol. The van der Waals surface area contributed by atoms with Gasteiger partial charge in [-0.3, -0.25) is 4.79 Å². The van der Waals surface area contributed by atoms with E-state index in [0.717, 1.165) is 22.3 Å². The molecule has 0 bridgehead atoms. The van der Waals surface area contributed by atoms with Crippen LogP contribution in [0.4, 0.5) is 0 Å². The van der Waals surface area contributed by atoms with Crippen LogP contribution in [0.5, 0.6) is 11.5 Å². The quantitative estimate of drug-likeness (QED) is 0.304. The minimum absolute atomic E-state index is 0.0337. The van der Waals surface area contributed by atoms with Gasteiger partial charge in [-0.05, 0) is 29.7 Å². The fourth-order valence-electron chi connectivity index (χ4n) is 3.44. The fourth-order valence-corrected chi connectivity index (χ4v) is 3.44. The molecular formula is C28H24O3. The molecule has 4 aromatic carbocycles. The first kappa shape index (κ1) is 20.4. The summed E-state index contributed by atoms with van der Waals surface area (Å²) >= 11 is 0. The van der Waals surface area contributed by atoms with Crippen molar-refractivity contribution in [1.29, 1.82) is 0 Å². The summed E-state index contributed by atoms with van der Waals surface area (Å²) in [6, 6.07) is 33.5. The zero-order valence-electron chi connectivity index (χ0n) is 17.5. The maximum Gasteiger partial charge on any atom is 0.160 e. The van der Waals surface area contributed by atoms with Crippen LogP contribution in [-0.2, 0) is 13.2 Å². The molecule has 3 nitrogen and oxygen atoms in total. The van der Waals surface area contributed by atoms with Crippen LogP contribution in [0.15, 0.2) is 103 Å². The molecule has 0 atom stereocenters. The highest BCUT2D eigenvalue weighted by Gasteiger charge is 2.18. The van der Waals surface area contributed by atoms with Crippen LogP contribution in [0.3, 0.4) is 0 Å². The van der Waals surface area contributed by atoms with Crippen molar-refractivity contribution in [2.24, 2.45) is 0 Å². The highest BCUT2D eigenvalue weighted by atomic mass is 16.5. The first-order chi connectivity index (χ1) is 15.2. The lowest BCUT2D eigenvalue weighted by molar-refractivity contribution is 0.101. The smallest absolute Gasteiger partial charge is 0.160 e. The molecule has 0 fully saturated rings. The highest BCUT2D eigenvalue weighted by Crippen LogP contribution is 2.38. The van der Waals surface area contributed by atoms with Gasteiger partial charge in [-0.15, -0.1) is 0 Å². The van der Waals surface area contributed by atoms with E-state index in [1.807, 2.05) is 103 Å². The Kier molecular flexibility index (Phi) is 6.44. The summed E-state index contributed by atoms with van der Waals surface area (Å²) in [5.74, 6) is 1.20. The predicted octanol–water partition coefficient (Wildman–Crippen LogP) is 6.71. The SMILES string of the molecule is CC(=O)c1cc(OCc2ccccc2)cc(OCc2ccccc2)c1-c1ccccc1. The Hall–Kier alpha value is -3.85. The molecule has 31 heavy (non-hydrogen) atoms. The minimum Gasteiger partial charge on any atom is -0.489 e. The standard InChI is InChI=1S/C28H24O3/c1-21(29)26-17-25(30-19-22-11-5-2-6-12-22)18-27(28(26)24-15-9-4-10-16-24)31-20-23-13-7-3-8-14-23/h2-18H,19-20H2,1H3. The molecule has 3 heteroatoms. The van der Waals surface area contributed by atoms with Crippen LogP contribution >= 0.6 is 0 Å². The molecule has 0 amide bonds. The third-order valence-corrected chi connectivity index (χ3v) is 5.00. The van der Waals surface area contributed by atoms with Crippen molar-refractivity contribution >= 4 is 5.78 Å². The molecule has 4 aromatic rings. The van der Waals surface area contributed by atoms with Crippen molar-refractivity contribution in [2.75, 3.05) is 0 Å². The van der Waals surface area contributed by atoms with Gasteiger partial charge >= 0.3 is 0 Å². The van der Waals surface area contributed by atoms with E-state index in [4.69, 9.17) is 9.47 Å². The van der Waals surface area contributed by atoms with Crippen molar-refractivity contribution in [3.8, 4) is 22.6 Å². The number of hydrogen-bond acceptors (Lipinski definition) is 3. The van der Waals surface area contributed by atoms with E-state index in [9.17, 15) is 4.79 Å². The summed E-state index contributed by atoms with van der Waals surface area (Å²) in [4.78, 5) is 12.6. The Balaban J connectivity index is 1.72. The third kappa shape index (κ3) is 5.20. The number of benzene rings is 4. The first-order valence-corrected chi connectivity index (χ1v) is 10.3. The second-order valence-corrected chi connectivity index (χ2v) is 7.31. The van der Waals surface area contributed by atoms with E-state index in [1.165, 1.54) is 0 Å². The average molecular weight is 408 g/mol. The summed E-state index contributed by atoms with van der Waals surface area (Å²) in [7, 11) is 0. The van der Waals surface area contributed by atoms with E-state index >= 15 is 0 Å². The Labute approximate surface area is 182 Å². The maximum atomic E-state index is 12.6. The van der Waals surface area contributed by atoms with Crippen LogP contribution in [-0.4, -0.2) is 5.78 Å². The molecule has 0 N–H and O–H groups in total. The molecule has 0 aliphatic carbocycles. The van der Waals surface area contributed by atoms with Gasteiger partial charge in [0.15, 0.2) is 5.78 Å². The molecule has 0 spiro atoms. The van der Waals surface area contributed by atoms with Gasteiger partial charge in [0.2, 0.25) is 0 Å². The lowest BCUT2D eigenvalue weighted by Crippen LogP contribution is -2.04. The summed E-state index contributed by atoms with van der Waals surface area (Å²) in [5.41, 5.74) is 4.42. The van der Waals surface area contributed by atoms with Crippen LogP contribution in [0.25, 0.3) is 11.1 Å². The van der Waals surface area contributed by atoms with E-state index < -0.39 is 0 Å². The Morgan fingerprint density at radius 2 is 1.19 bits per heavy atom. The summed E-state index contributed by atoms with van der Waals surface area (Å²) in [6.07, 6.45) is 0. The molecule has 0 aromatic heterocycles. The van der Waals surface area contributed by atoms with Gasteiger partial charge in [0.05, 0.1) is 0 Å². The number of ether oxygens (including phenoxy) is 2. The normalized spacial score (nSPS) is 10.5. The van der Waals surface area contributed by atoms with E-state index in [1.54, 1.807) is 6.92 Å². The number of hydrogen-bond donors (Lipinski definition) is 0. The molecule has 0 saturated carbocycles. The molecule has 0 radical (unpaired) electrons. The number of carbonyl (C=O) groups is 1. The number of rotatable bonds is 8. The van der Waals surface area contributed by atoms with Crippen molar-refractivity contribution in [1.82, 2.24) is 0 Å². The number of Topliss-reactive ketones (excluding diaryl/α,β-unsaturated/α-hetero) is 1. The minimum atomic E-state index is -0.0337. The molecule has 154 valence electrons. The topological polar surface area (TPSA) is 35.5 Å². The van der Waals surface area contributed by atoms with Crippen LogP contribution in [0.1, 0.15) is 28.4 Å². The summed E-state index contributed by atoms with van der Waals surface area (Å²) in [6.45, 7) is 2.39. The van der Waals surface area contributed by atoms with Crippen molar-refractivity contribution in [3.63, 3.8) is 0 Å². The largest absolute Gasteiger partial charge is 0.489 e. The zero-order chi connectivity index (χ0) is 21.5. The van der Waals surface area contributed by atoms with Crippen LogP contribution in [0, 0.1) is 0 Å². The Morgan fingerprint density at radius 1 is 0.677 bits per heavy atom. The molecule has 0 saturated heterocycles. The maximum absolute atomic E-state index is 12.6. The summed E-state index contributed by atoms with van der Waals surface area (Å²) in [5, 5.41) is 0. The monoisotopic (exact) mass is 408 g/mol. The number of carbonyl (C=O) groups excluding carboxylic acids is 1. The molecule has 0 heterocycles. The van der Waals surface area contributed by atoms with Crippen molar-refractivity contribution < 1.29 is 14.3 Å². The van der Waals surface area contributed by atoms with Gasteiger partial charge in [-0.2, -0.15) is 0 Å². The molecule has 4 rings (SSSR count). The highest BCUT2D eigenvalue weighted by molar-refractivity contribution is 6.02. The lowest BCUT2D eigenvalue weighted by Gasteiger charge is -2.18. The lowest BCUT2D eigenvalue weighted by atomic mass is 9.96. The van der Waals surface area contributed by atoms with E-state index in [2.05, 4.69) is 0 Å². The zero-order valence-corrected chi connectivity index (χ0v) is 17.5. The van der Waals surface area contributed by atoms with Gasteiger partial charge in [0.25, 0.3) is 0 Å². The van der Waals surface area contributed by atoms with Crippen LogP contribution in [0.2, 0.25) is 0 Å². The molecule has 0 unspecified atom stereocenters. The van der Waals surface area contributed by atoms with Crippen molar-refractivity contribution in [2.45, 2.75) is 20.1 Å². The molecule has 0 aliphatic rings. The number of ketones is 1. The second kappa shape index (κ2) is 9.77. The third-order valence-electron chi connectivity index (χ3n) is 5.00. The van der Waals surface area contributed by atoms with Gasteiger partial charge < -0.3 is 9.47 Å².